The standard InChI is InChI=1S/C17H17NO/c18-14-16-11-4-5-12-17(16)19-13-7-6-10-15-8-2-1-3-9-15/h1-5,8-9,11-12H,6-7,10,13H2. The Labute approximate surface area is 114 Å². The third kappa shape index (κ3) is 4.15. The fraction of sp³-hybridized carbons (Fsp3) is 0.235. The van der Waals surface area contributed by atoms with Gasteiger partial charge in [-0.3, -0.25) is 0 Å². The maximum Gasteiger partial charge on any atom is 0.137 e. The van der Waals surface area contributed by atoms with Crippen molar-refractivity contribution in [2.45, 2.75) is 19.3 Å². The van der Waals surface area contributed by atoms with Crippen LogP contribution in [0.15, 0.2) is 54.6 Å². The van der Waals surface area contributed by atoms with Crippen molar-refractivity contribution in [3.8, 4) is 11.8 Å². The van der Waals surface area contributed by atoms with E-state index in [0.29, 0.717) is 17.9 Å². The van der Waals surface area contributed by atoms with Crippen molar-refractivity contribution in [3.63, 3.8) is 0 Å². The second kappa shape index (κ2) is 7.23. The van der Waals surface area contributed by atoms with E-state index in [-0.39, 0.29) is 0 Å². The highest BCUT2D eigenvalue weighted by Gasteiger charge is 2.01. The van der Waals surface area contributed by atoms with Gasteiger partial charge in [-0.2, -0.15) is 5.26 Å². The summed E-state index contributed by atoms with van der Waals surface area (Å²) in [6.45, 7) is 0.658. The minimum absolute atomic E-state index is 0.602. The molecule has 0 bridgehead atoms. The molecule has 0 fully saturated rings. The number of aryl methyl sites for hydroxylation is 1. The van der Waals surface area contributed by atoms with Crippen molar-refractivity contribution in [2.75, 3.05) is 6.61 Å². The molecule has 2 heteroatoms. The molecule has 0 atom stereocenters. The first-order chi connectivity index (χ1) is 9.40. The Balaban J connectivity index is 1.71. The number of para-hydroxylation sites is 1. The molecule has 0 N–H and O–H groups in total. The Hall–Kier alpha value is -2.27. The maximum atomic E-state index is 8.94. The highest BCUT2D eigenvalue weighted by Crippen LogP contribution is 2.17. The Morgan fingerprint density at radius 3 is 2.42 bits per heavy atom. The van der Waals surface area contributed by atoms with Gasteiger partial charge in [-0.25, -0.2) is 0 Å². The van der Waals surface area contributed by atoms with Gasteiger partial charge in [0.15, 0.2) is 0 Å². The number of rotatable bonds is 6. The van der Waals surface area contributed by atoms with Gasteiger partial charge in [0.2, 0.25) is 0 Å². The first-order valence-electron chi connectivity index (χ1n) is 6.56. The summed E-state index contributed by atoms with van der Waals surface area (Å²) in [7, 11) is 0. The van der Waals surface area contributed by atoms with E-state index < -0.39 is 0 Å². The highest BCUT2D eigenvalue weighted by molar-refractivity contribution is 5.42. The zero-order valence-electron chi connectivity index (χ0n) is 10.9. The lowest BCUT2D eigenvalue weighted by molar-refractivity contribution is 0.306. The fourth-order valence-corrected chi connectivity index (χ4v) is 1.94. The van der Waals surface area contributed by atoms with Crippen molar-refractivity contribution in [1.29, 1.82) is 5.26 Å². The van der Waals surface area contributed by atoms with Crippen LogP contribution in [0.25, 0.3) is 0 Å². The van der Waals surface area contributed by atoms with Gasteiger partial charge in [-0.05, 0) is 37.0 Å². The average Bonchev–Trinajstić information content (AvgIpc) is 2.48. The Morgan fingerprint density at radius 1 is 0.895 bits per heavy atom. The Kier molecular flexibility index (Phi) is 5.01. The van der Waals surface area contributed by atoms with Gasteiger partial charge in [-0.1, -0.05) is 42.5 Å². The van der Waals surface area contributed by atoms with Crippen LogP contribution >= 0.6 is 0 Å². The number of unbranched alkanes of at least 4 members (excludes halogenated alkanes) is 1. The molecule has 0 radical (unpaired) electrons. The number of ether oxygens (including phenoxy) is 1. The van der Waals surface area contributed by atoms with Gasteiger partial charge < -0.3 is 4.74 Å². The van der Waals surface area contributed by atoms with Crippen LogP contribution in [0.1, 0.15) is 24.0 Å². The van der Waals surface area contributed by atoms with Crippen molar-refractivity contribution >= 4 is 0 Å². The van der Waals surface area contributed by atoms with Crippen LogP contribution in [0.5, 0.6) is 5.75 Å². The van der Waals surface area contributed by atoms with Crippen LogP contribution in [-0.4, -0.2) is 6.61 Å². The van der Waals surface area contributed by atoms with Crippen molar-refractivity contribution in [1.82, 2.24) is 0 Å². The summed E-state index contributed by atoms with van der Waals surface area (Å²) >= 11 is 0. The van der Waals surface area contributed by atoms with Gasteiger partial charge in [0.05, 0.1) is 12.2 Å². The van der Waals surface area contributed by atoms with E-state index in [0.717, 1.165) is 19.3 Å². The predicted octanol–water partition coefficient (Wildman–Crippen LogP) is 3.96. The van der Waals surface area contributed by atoms with E-state index in [4.69, 9.17) is 10.00 Å². The quantitative estimate of drug-likeness (QED) is 0.728. The van der Waals surface area contributed by atoms with Gasteiger partial charge >= 0.3 is 0 Å². The smallest absolute Gasteiger partial charge is 0.137 e. The molecule has 0 spiro atoms. The van der Waals surface area contributed by atoms with Crippen molar-refractivity contribution < 1.29 is 4.74 Å². The fourth-order valence-electron chi connectivity index (χ4n) is 1.94. The van der Waals surface area contributed by atoms with E-state index in [1.165, 1.54) is 5.56 Å². The molecule has 96 valence electrons. The summed E-state index contributed by atoms with van der Waals surface area (Å²) in [5.41, 5.74) is 1.96. The van der Waals surface area contributed by atoms with E-state index in [1.807, 2.05) is 24.3 Å². The first kappa shape index (κ1) is 13.2. The highest BCUT2D eigenvalue weighted by atomic mass is 16.5. The van der Waals surface area contributed by atoms with Crippen molar-refractivity contribution in [3.05, 3.63) is 65.7 Å². The molecule has 0 saturated heterocycles. The van der Waals surface area contributed by atoms with Crippen LogP contribution in [0.3, 0.4) is 0 Å². The molecule has 0 aliphatic rings. The Morgan fingerprint density at radius 2 is 1.63 bits per heavy atom. The third-order valence-electron chi connectivity index (χ3n) is 2.97. The Bertz CT molecular complexity index is 543. The predicted molar refractivity (Wildman–Crippen MR) is 76.0 cm³/mol. The van der Waals surface area contributed by atoms with Crippen LogP contribution < -0.4 is 4.74 Å². The summed E-state index contributed by atoms with van der Waals surface area (Å²) in [5, 5.41) is 8.94. The molecule has 0 saturated carbocycles. The summed E-state index contributed by atoms with van der Waals surface area (Å²) in [5.74, 6) is 0.685. The van der Waals surface area contributed by atoms with Gasteiger partial charge in [0.25, 0.3) is 0 Å². The molecule has 19 heavy (non-hydrogen) atoms. The zero-order chi connectivity index (χ0) is 13.3. The molecule has 0 amide bonds. The van der Waals surface area contributed by atoms with Crippen LogP contribution in [-0.2, 0) is 6.42 Å². The van der Waals surface area contributed by atoms with Crippen LogP contribution in [0.4, 0.5) is 0 Å². The van der Waals surface area contributed by atoms with Gasteiger partial charge in [0.1, 0.15) is 11.8 Å². The second-order valence-corrected chi connectivity index (χ2v) is 4.40. The molecule has 2 aromatic rings. The number of benzene rings is 2. The molecule has 0 heterocycles. The van der Waals surface area contributed by atoms with E-state index in [9.17, 15) is 0 Å². The molecule has 0 unspecified atom stereocenters. The lowest BCUT2D eigenvalue weighted by Crippen LogP contribution is -1.99. The summed E-state index contributed by atoms with van der Waals surface area (Å²) < 4.78 is 5.64. The molecule has 0 aliphatic heterocycles. The minimum atomic E-state index is 0.602. The normalized spacial score (nSPS) is 9.84. The lowest BCUT2D eigenvalue weighted by Gasteiger charge is -2.07. The number of nitriles is 1. The molecule has 0 aromatic heterocycles. The summed E-state index contributed by atoms with van der Waals surface area (Å²) in [4.78, 5) is 0. The van der Waals surface area contributed by atoms with Gasteiger partial charge in [-0.15, -0.1) is 0 Å². The van der Waals surface area contributed by atoms with Crippen LogP contribution in [0, 0.1) is 11.3 Å². The van der Waals surface area contributed by atoms with E-state index in [1.54, 1.807) is 6.07 Å². The summed E-state index contributed by atoms with van der Waals surface area (Å²) in [6, 6.07) is 19.9. The molecule has 2 aromatic carbocycles. The average molecular weight is 251 g/mol. The molecule has 0 aliphatic carbocycles. The molecule has 2 nitrogen and oxygen atoms in total. The monoisotopic (exact) mass is 251 g/mol. The largest absolute Gasteiger partial charge is 0.492 e. The molecular formula is C17H17NO. The molecular weight excluding hydrogens is 234 g/mol. The number of hydrogen-bond donors (Lipinski definition) is 0. The molecule has 2 rings (SSSR count). The maximum absolute atomic E-state index is 8.94. The van der Waals surface area contributed by atoms with Crippen molar-refractivity contribution in [2.24, 2.45) is 0 Å². The summed E-state index contributed by atoms with van der Waals surface area (Å²) in [6.07, 6.45) is 3.16. The SMILES string of the molecule is N#Cc1ccccc1OCCCCc1ccccc1. The topological polar surface area (TPSA) is 33.0 Å². The van der Waals surface area contributed by atoms with Crippen LogP contribution in [0.2, 0.25) is 0 Å². The second-order valence-electron chi connectivity index (χ2n) is 4.40. The number of nitrogens with zero attached hydrogens (tertiary/aromatic N) is 1. The van der Waals surface area contributed by atoms with E-state index >= 15 is 0 Å². The number of hydrogen-bond acceptors (Lipinski definition) is 2. The van der Waals surface area contributed by atoms with Gasteiger partial charge in [0, 0.05) is 0 Å². The lowest BCUT2D eigenvalue weighted by atomic mass is 10.1. The first-order valence-corrected chi connectivity index (χ1v) is 6.56. The third-order valence-corrected chi connectivity index (χ3v) is 2.97. The minimum Gasteiger partial charge on any atom is -0.492 e. The van der Waals surface area contributed by atoms with E-state index in [2.05, 4.69) is 30.3 Å². The zero-order valence-corrected chi connectivity index (χ0v) is 10.9.